The van der Waals surface area contributed by atoms with Crippen molar-refractivity contribution in [2.75, 3.05) is 5.32 Å². The lowest BCUT2D eigenvalue weighted by Crippen LogP contribution is -2.30. The molecule has 1 amide bonds. The Morgan fingerprint density at radius 3 is 2.28 bits per heavy atom. The molecule has 7 heteroatoms. The van der Waals surface area contributed by atoms with Gasteiger partial charge in [-0.25, -0.2) is 0 Å². The molecule has 0 aliphatic carbocycles. The van der Waals surface area contributed by atoms with Crippen LogP contribution in [0.1, 0.15) is 29.8 Å². The molecule has 0 aromatic heterocycles. The Morgan fingerprint density at radius 1 is 1.08 bits per heavy atom. The highest BCUT2D eigenvalue weighted by molar-refractivity contribution is 5.95. The van der Waals surface area contributed by atoms with Gasteiger partial charge in [0.05, 0.1) is 5.56 Å². The number of nitrogens with one attached hydrogen (secondary N) is 1. The van der Waals surface area contributed by atoms with Gasteiger partial charge in [-0.1, -0.05) is 6.07 Å². The number of ether oxygens (including phenoxy) is 1. The summed E-state index contributed by atoms with van der Waals surface area (Å²) in [7, 11) is 0. The van der Waals surface area contributed by atoms with Gasteiger partial charge >= 0.3 is 6.18 Å². The molecule has 1 atom stereocenters. The van der Waals surface area contributed by atoms with Gasteiger partial charge in [0, 0.05) is 11.3 Å². The minimum absolute atomic E-state index is 0.0298. The molecule has 0 bridgehead atoms. The van der Waals surface area contributed by atoms with Gasteiger partial charge in [0.2, 0.25) is 0 Å². The van der Waals surface area contributed by atoms with Gasteiger partial charge in [-0.3, -0.25) is 9.59 Å². The van der Waals surface area contributed by atoms with Crippen molar-refractivity contribution < 1.29 is 27.5 Å². The fraction of sp³-hybridized carbons (Fsp3) is 0.222. The molecule has 0 heterocycles. The van der Waals surface area contributed by atoms with E-state index < -0.39 is 23.8 Å². The lowest BCUT2D eigenvalue weighted by molar-refractivity contribution is -0.137. The van der Waals surface area contributed by atoms with Crippen molar-refractivity contribution in [3.05, 3.63) is 59.7 Å². The highest BCUT2D eigenvalue weighted by atomic mass is 19.4. The van der Waals surface area contributed by atoms with Crippen LogP contribution >= 0.6 is 0 Å². The lowest BCUT2D eigenvalue weighted by Gasteiger charge is -2.15. The number of carbonyl (C=O) groups excluding carboxylic acids is 2. The smallest absolute Gasteiger partial charge is 0.416 e. The van der Waals surface area contributed by atoms with E-state index in [4.69, 9.17) is 4.74 Å². The zero-order chi connectivity index (χ0) is 18.6. The summed E-state index contributed by atoms with van der Waals surface area (Å²) in [5.74, 6) is -0.312. The first-order valence-corrected chi connectivity index (χ1v) is 7.42. The predicted octanol–water partition coefficient (Wildman–Crippen LogP) is 4.31. The van der Waals surface area contributed by atoms with Gasteiger partial charge in [-0.05, 0) is 56.3 Å². The van der Waals surface area contributed by atoms with Crippen molar-refractivity contribution in [3.63, 3.8) is 0 Å². The Balaban J connectivity index is 2.02. The van der Waals surface area contributed by atoms with Gasteiger partial charge in [0.15, 0.2) is 11.9 Å². The number of amides is 1. The van der Waals surface area contributed by atoms with Gasteiger partial charge in [0.1, 0.15) is 5.75 Å². The number of ketones is 1. The summed E-state index contributed by atoms with van der Waals surface area (Å²) in [6.45, 7) is 2.91. The Labute approximate surface area is 142 Å². The molecule has 0 radical (unpaired) electrons. The van der Waals surface area contributed by atoms with Crippen LogP contribution in [0, 0.1) is 0 Å². The summed E-state index contributed by atoms with van der Waals surface area (Å²) in [5.41, 5.74) is -0.311. The van der Waals surface area contributed by atoms with Crippen LogP contribution in [0.2, 0.25) is 0 Å². The van der Waals surface area contributed by atoms with Gasteiger partial charge in [-0.2, -0.15) is 13.2 Å². The summed E-state index contributed by atoms with van der Waals surface area (Å²) in [6, 6.07) is 10.6. The number of hydrogen-bond donors (Lipinski definition) is 1. The SMILES string of the molecule is CC(=O)c1ccc(O[C@H](C)C(=O)Nc2cccc(C(F)(F)F)c2)cc1. The van der Waals surface area contributed by atoms with E-state index in [1.807, 2.05) is 0 Å². The van der Waals surface area contributed by atoms with Crippen LogP contribution in [0.3, 0.4) is 0 Å². The average molecular weight is 351 g/mol. The van der Waals surface area contributed by atoms with Crippen LogP contribution in [-0.2, 0) is 11.0 Å². The van der Waals surface area contributed by atoms with E-state index in [0.717, 1.165) is 12.1 Å². The molecule has 0 saturated carbocycles. The summed E-state index contributed by atoms with van der Waals surface area (Å²) >= 11 is 0. The number of hydrogen-bond acceptors (Lipinski definition) is 3. The highest BCUT2D eigenvalue weighted by Gasteiger charge is 2.30. The van der Waals surface area contributed by atoms with E-state index >= 15 is 0 Å². The number of rotatable bonds is 5. The van der Waals surface area contributed by atoms with Gasteiger partial charge in [0.25, 0.3) is 5.91 Å². The van der Waals surface area contributed by atoms with E-state index in [0.29, 0.717) is 11.3 Å². The Kier molecular flexibility index (Phi) is 5.46. The minimum atomic E-state index is -4.48. The fourth-order valence-corrected chi connectivity index (χ4v) is 2.04. The lowest BCUT2D eigenvalue weighted by atomic mass is 10.1. The summed E-state index contributed by atoms with van der Waals surface area (Å²) in [6.07, 6.45) is -5.42. The third-order valence-electron chi connectivity index (χ3n) is 3.40. The number of benzene rings is 2. The molecule has 0 aliphatic rings. The second kappa shape index (κ2) is 7.38. The molecule has 4 nitrogen and oxygen atoms in total. The second-order valence-corrected chi connectivity index (χ2v) is 5.41. The summed E-state index contributed by atoms with van der Waals surface area (Å²) < 4.78 is 43.5. The summed E-state index contributed by atoms with van der Waals surface area (Å²) in [5, 5.41) is 2.39. The van der Waals surface area contributed by atoms with Crippen molar-refractivity contribution in [3.8, 4) is 5.75 Å². The van der Waals surface area contributed by atoms with Crippen molar-refractivity contribution in [1.29, 1.82) is 0 Å². The van der Waals surface area contributed by atoms with E-state index in [1.165, 1.54) is 26.0 Å². The van der Waals surface area contributed by atoms with E-state index in [2.05, 4.69) is 5.32 Å². The van der Waals surface area contributed by atoms with Crippen LogP contribution in [-0.4, -0.2) is 17.8 Å². The second-order valence-electron chi connectivity index (χ2n) is 5.41. The Bertz CT molecular complexity index is 770. The maximum absolute atomic E-state index is 12.7. The monoisotopic (exact) mass is 351 g/mol. The molecule has 0 unspecified atom stereocenters. The maximum Gasteiger partial charge on any atom is 0.416 e. The van der Waals surface area contributed by atoms with Crippen molar-refractivity contribution in [1.82, 2.24) is 0 Å². The van der Waals surface area contributed by atoms with Crippen molar-refractivity contribution in [2.24, 2.45) is 0 Å². The molecule has 1 N–H and O–H groups in total. The first-order valence-electron chi connectivity index (χ1n) is 7.42. The molecule has 0 saturated heterocycles. The van der Waals surface area contributed by atoms with Crippen LogP contribution in [0.4, 0.5) is 18.9 Å². The molecule has 0 fully saturated rings. The summed E-state index contributed by atoms with van der Waals surface area (Å²) in [4.78, 5) is 23.3. The van der Waals surface area contributed by atoms with Crippen LogP contribution in [0.25, 0.3) is 0 Å². The number of carbonyl (C=O) groups is 2. The van der Waals surface area contributed by atoms with Crippen molar-refractivity contribution in [2.45, 2.75) is 26.1 Å². The Morgan fingerprint density at radius 2 is 1.72 bits per heavy atom. The highest BCUT2D eigenvalue weighted by Crippen LogP contribution is 2.30. The largest absolute Gasteiger partial charge is 0.481 e. The van der Waals surface area contributed by atoms with Gasteiger partial charge < -0.3 is 10.1 Å². The molecule has 132 valence electrons. The topological polar surface area (TPSA) is 55.4 Å². The average Bonchev–Trinajstić information content (AvgIpc) is 2.54. The maximum atomic E-state index is 12.7. The van der Waals surface area contributed by atoms with E-state index in [1.54, 1.807) is 24.3 Å². The quantitative estimate of drug-likeness (QED) is 0.817. The molecule has 0 aliphatic heterocycles. The zero-order valence-corrected chi connectivity index (χ0v) is 13.6. The fourth-order valence-electron chi connectivity index (χ4n) is 2.04. The molecule has 2 rings (SSSR count). The number of halogens is 3. The van der Waals surface area contributed by atoms with Crippen molar-refractivity contribution >= 4 is 17.4 Å². The Hall–Kier alpha value is -2.83. The minimum Gasteiger partial charge on any atom is -0.481 e. The van der Waals surface area contributed by atoms with Crippen LogP contribution in [0.5, 0.6) is 5.75 Å². The third-order valence-corrected chi connectivity index (χ3v) is 3.40. The number of anilines is 1. The number of Topliss-reactive ketones (excluding diaryl/α,β-unsaturated/α-hetero) is 1. The first-order chi connectivity index (χ1) is 11.7. The van der Waals surface area contributed by atoms with Crippen LogP contribution < -0.4 is 10.1 Å². The molecule has 2 aromatic carbocycles. The standard InChI is InChI=1S/C18H16F3NO3/c1-11(23)13-6-8-16(9-7-13)25-12(2)17(24)22-15-5-3-4-14(10-15)18(19,20)21/h3-10,12H,1-2H3,(H,22,24)/t12-/m1/s1. The first kappa shape index (κ1) is 18.5. The third kappa shape index (κ3) is 5.07. The van der Waals surface area contributed by atoms with Gasteiger partial charge in [-0.15, -0.1) is 0 Å². The molecule has 25 heavy (non-hydrogen) atoms. The molecule has 2 aromatic rings. The normalized spacial score (nSPS) is 12.4. The molecule has 0 spiro atoms. The molecular weight excluding hydrogens is 335 g/mol. The van der Waals surface area contributed by atoms with E-state index in [9.17, 15) is 22.8 Å². The molecular formula is C18H16F3NO3. The zero-order valence-electron chi connectivity index (χ0n) is 13.6. The van der Waals surface area contributed by atoms with Crippen LogP contribution in [0.15, 0.2) is 48.5 Å². The predicted molar refractivity (Wildman–Crippen MR) is 86.6 cm³/mol. The number of alkyl halides is 3. The van der Waals surface area contributed by atoms with E-state index in [-0.39, 0.29) is 11.5 Å².